The highest BCUT2D eigenvalue weighted by molar-refractivity contribution is 6.11. The lowest BCUT2D eigenvalue weighted by atomic mass is 10.1. The summed E-state index contributed by atoms with van der Waals surface area (Å²) in [7, 11) is 7.38. The Bertz CT molecular complexity index is 937. The first kappa shape index (κ1) is 22.6. The van der Waals surface area contributed by atoms with E-state index in [1.807, 2.05) is 0 Å². The van der Waals surface area contributed by atoms with E-state index in [0.717, 1.165) is 0 Å². The van der Waals surface area contributed by atoms with Crippen LogP contribution in [0.3, 0.4) is 0 Å². The Morgan fingerprint density at radius 3 is 1.77 bits per heavy atom. The van der Waals surface area contributed by atoms with E-state index in [2.05, 4.69) is 0 Å². The average molecular weight is 416 g/mol. The van der Waals surface area contributed by atoms with Gasteiger partial charge in [0.2, 0.25) is 5.75 Å². The van der Waals surface area contributed by atoms with Gasteiger partial charge in [-0.05, 0) is 23.8 Å². The highest BCUT2D eigenvalue weighted by atomic mass is 16.5. The fourth-order valence-corrected chi connectivity index (χ4v) is 2.78. The molecule has 0 saturated heterocycles. The molecule has 0 aliphatic carbocycles. The summed E-state index contributed by atoms with van der Waals surface area (Å²) < 4.78 is 31.6. The predicted octanol–water partition coefficient (Wildman–Crippen LogP) is 3.55. The van der Waals surface area contributed by atoms with Crippen molar-refractivity contribution >= 4 is 17.8 Å². The van der Waals surface area contributed by atoms with Gasteiger partial charge in [-0.2, -0.15) is 0 Å². The lowest BCUT2D eigenvalue weighted by molar-refractivity contribution is -0.131. The molecular formula is C22H24O8. The second kappa shape index (κ2) is 10.2. The van der Waals surface area contributed by atoms with Crippen molar-refractivity contribution in [2.75, 3.05) is 35.5 Å². The van der Waals surface area contributed by atoms with Gasteiger partial charge < -0.3 is 28.4 Å². The molecule has 0 N–H and O–H groups in total. The molecule has 0 heterocycles. The maximum atomic E-state index is 12.9. The van der Waals surface area contributed by atoms with Crippen LogP contribution in [0.2, 0.25) is 0 Å². The summed E-state index contributed by atoms with van der Waals surface area (Å²) in [5.41, 5.74) is 0.733. The number of hydrogen-bond donors (Lipinski definition) is 0. The third-order valence-electron chi connectivity index (χ3n) is 4.11. The molecule has 0 unspecified atom stereocenters. The second-order valence-electron chi connectivity index (χ2n) is 5.95. The number of carbonyl (C=O) groups is 2. The molecular weight excluding hydrogens is 392 g/mol. The Morgan fingerprint density at radius 1 is 0.733 bits per heavy atom. The first-order chi connectivity index (χ1) is 14.4. The monoisotopic (exact) mass is 416 g/mol. The quantitative estimate of drug-likeness (QED) is 0.265. The van der Waals surface area contributed by atoms with Crippen molar-refractivity contribution in [3.8, 4) is 34.5 Å². The number of ketones is 1. The van der Waals surface area contributed by atoms with Crippen LogP contribution in [0, 0.1) is 0 Å². The SMILES string of the molecule is COc1cc(OC)c(C(=O)/C=C/c2cc(OC)c(OC)c(OC)c2)c(OC(C)=O)c1. The van der Waals surface area contributed by atoms with E-state index in [1.54, 1.807) is 18.2 Å². The maximum absolute atomic E-state index is 12.9. The molecule has 2 rings (SSSR count). The minimum absolute atomic E-state index is 0.0400. The van der Waals surface area contributed by atoms with Crippen molar-refractivity contribution in [2.24, 2.45) is 0 Å². The molecule has 0 fully saturated rings. The Hall–Kier alpha value is -3.68. The normalized spacial score (nSPS) is 10.5. The average Bonchev–Trinajstić information content (AvgIpc) is 2.75. The van der Waals surface area contributed by atoms with E-state index in [0.29, 0.717) is 28.6 Å². The summed E-state index contributed by atoms with van der Waals surface area (Å²) in [6.07, 6.45) is 2.91. The lowest BCUT2D eigenvalue weighted by Crippen LogP contribution is -2.08. The van der Waals surface area contributed by atoms with E-state index in [-0.39, 0.29) is 17.1 Å². The number of esters is 1. The summed E-state index contributed by atoms with van der Waals surface area (Å²) in [6, 6.07) is 6.38. The fraction of sp³-hybridized carbons (Fsp3) is 0.273. The number of allylic oxidation sites excluding steroid dienone is 1. The minimum Gasteiger partial charge on any atom is -0.496 e. The fourth-order valence-electron chi connectivity index (χ4n) is 2.78. The van der Waals surface area contributed by atoms with Gasteiger partial charge in [0.15, 0.2) is 17.3 Å². The summed E-state index contributed by atoms with van der Waals surface area (Å²) >= 11 is 0. The summed E-state index contributed by atoms with van der Waals surface area (Å²) in [4.78, 5) is 24.4. The summed E-state index contributed by atoms with van der Waals surface area (Å²) in [5, 5.41) is 0. The highest BCUT2D eigenvalue weighted by Gasteiger charge is 2.20. The van der Waals surface area contributed by atoms with Crippen LogP contribution in [0.4, 0.5) is 0 Å². The predicted molar refractivity (Wildman–Crippen MR) is 110 cm³/mol. The highest BCUT2D eigenvalue weighted by Crippen LogP contribution is 2.39. The van der Waals surface area contributed by atoms with Gasteiger partial charge in [0, 0.05) is 19.1 Å². The third kappa shape index (κ3) is 5.02. The van der Waals surface area contributed by atoms with Crippen molar-refractivity contribution in [1.29, 1.82) is 0 Å². The van der Waals surface area contributed by atoms with Crippen molar-refractivity contribution in [2.45, 2.75) is 6.92 Å². The molecule has 2 aromatic carbocycles. The van der Waals surface area contributed by atoms with Gasteiger partial charge in [-0.1, -0.05) is 6.08 Å². The number of carbonyl (C=O) groups excluding carboxylic acids is 2. The van der Waals surface area contributed by atoms with Gasteiger partial charge in [-0.25, -0.2) is 0 Å². The Labute approximate surface area is 174 Å². The zero-order valence-corrected chi connectivity index (χ0v) is 17.7. The van der Waals surface area contributed by atoms with Crippen molar-refractivity contribution in [3.63, 3.8) is 0 Å². The van der Waals surface area contributed by atoms with Crippen molar-refractivity contribution in [1.82, 2.24) is 0 Å². The number of rotatable bonds is 9. The Balaban J connectivity index is 2.49. The van der Waals surface area contributed by atoms with E-state index >= 15 is 0 Å². The van der Waals surface area contributed by atoms with Crippen molar-refractivity contribution in [3.05, 3.63) is 41.5 Å². The van der Waals surface area contributed by atoms with E-state index in [1.165, 1.54) is 60.7 Å². The maximum Gasteiger partial charge on any atom is 0.308 e. The first-order valence-corrected chi connectivity index (χ1v) is 8.85. The molecule has 0 saturated carbocycles. The number of ether oxygens (including phenoxy) is 6. The smallest absolute Gasteiger partial charge is 0.308 e. The molecule has 0 bridgehead atoms. The van der Waals surface area contributed by atoms with Crippen LogP contribution >= 0.6 is 0 Å². The van der Waals surface area contributed by atoms with Gasteiger partial charge in [-0.3, -0.25) is 9.59 Å². The third-order valence-corrected chi connectivity index (χ3v) is 4.11. The van der Waals surface area contributed by atoms with Crippen LogP contribution < -0.4 is 28.4 Å². The minimum atomic E-state index is -0.576. The van der Waals surface area contributed by atoms with Crippen LogP contribution in [0.25, 0.3) is 6.08 Å². The zero-order chi connectivity index (χ0) is 22.3. The van der Waals surface area contributed by atoms with Gasteiger partial charge in [0.25, 0.3) is 0 Å². The summed E-state index contributed by atoms with van der Waals surface area (Å²) in [6.45, 7) is 1.24. The van der Waals surface area contributed by atoms with Crippen LogP contribution in [-0.4, -0.2) is 47.3 Å². The lowest BCUT2D eigenvalue weighted by Gasteiger charge is -2.14. The Morgan fingerprint density at radius 2 is 1.30 bits per heavy atom. The van der Waals surface area contributed by atoms with Gasteiger partial charge in [0.1, 0.15) is 22.8 Å². The van der Waals surface area contributed by atoms with E-state index in [4.69, 9.17) is 28.4 Å². The Kier molecular flexibility index (Phi) is 7.69. The molecule has 2 aromatic rings. The molecule has 0 amide bonds. The molecule has 30 heavy (non-hydrogen) atoms. The molecule has 0 aliphatic heterocycles. The molecule has 0 aromatic heterocycles. The topological polar surface area (TPSA) is 89.5 Å². The second-order valence-corrected chi connectivity index (χ2v) is 5.95. The molecule has 0 radical (unpaired) electrons. The summed E-state index contributed by atoms with van der Waals surface area (Å²) in [5.74, 6) is 0.972. The number of hydrogen-bond acceptors (Lipinski definition) is 8. The van der Waals surface area contributed by atoms with Crippen LogP contribution in [0.1, 0.15) is 22.8 Å². The number of benzene rings is 2. The van der Waals surface area contributed by atoms with Crippen LogP contribution in [0.5, 0.6) is 34.5 Å². The molecule has 0 atom stereocenters. The van der Waals surface area contributed by atoms with Gasteiger partial charge in [0.05, 0.1) is 35.5 Å². The molecule has 8 heteroatoms. The van der Waals surface area contributed by atoms with Crippen molar-refractivity contribution < 1.29 is 38.0 Å². The molecule has 0 spiro atoms. The first-order valence-electron chi connectivity index (χ1n) is 8.85. The molecule has 160 valence electrons. The van der Waals surface area contributed by atoms with Crippen LogP contribution in [0.15, 0.2) is 30.3 Å². The molecule has 8 nitrogen and oxygen atoms in total. The largest absolute Gasteiger partial charge is 0.496 e. The van der Waals surface area contributed by atoms with E-state index < -0.39 is 11.8 Å². The molecule has 0 aliphatic rings. The van der Waals surface area contributed by atoms with E-state index in [9.17, 15) is 9.59 Å². The standard InChI is InChI=1S/C22H24O8/c1-13(23)30-18-12-15(25-2)11-17(26-3)21(18)16(24)8-7-14-9-19(27-4)22(29-6)20(10-14)28-5/h7-12H,1-6H3/b8-7+. The number of methoxy groups -OCH3 is 5. The van der Waals surface area contributed by atoms with Gasteiger partial charge >= 0.3 is 5.97 Å². The van der Waals surface area contributed by atoms with Crippen LogP contribution in [-0.2, 0) is 4.79 Å². The van der Waals surface area contributed by atoms with Gasteiger partial charge in [-0.15, -0.1) is 0 Å². The zero-order valence-electron chi connectivity index (χ0n) is 17.7.